The molecule has 1 heterocycles. The molecule has 1 fully saturated rings. The summed E-state index contributed by atoms with van der Waals surface area (Å²) in [5.41, 5.74) is 0.569. The molecule has 0 spiro atoms. The first-order valence-electron chi connectivity index (χ1n) is 8.14. The molecule has 1 atom stereocenters. The number of rotatable bonds is 9. The lowest BCUT2D eigenvalue weighted by atomic mass is 9.74. The van der Waals surface area contributed by atoms with E-state index >= 15 is 0 Å². The first kappa shape index (κ1) is 16.9. The summed E-state index contributed by atoms with van der Waals surface area (Å²) in [6, 6.07) is 0. The van der Waals surface area contributed by atoms with Gasteiger partial charge >= 0.3 is 0 Å². The van der Waals surface area contributed by atoms with Crippen molar-refractivity contribution < 1.29 is 9.84 Å². The Hall–Kier alpha value is -0.120. The zero-order chi connectivity index (χ0) is 14.1. The third-order valence-corrected chi connectivity index (χ3v) is 4.84. The minimum absolute atomic E-state index is 0.326. The number of piperidine rings is 1. The van der Waals surface area contributed by atoms with E-state index in [1.165, 1.54) is 25.7 Å². The van der Waals surface area contributed by atoms with E-state index in [4.69, 9.17) is 4.74 Å². The average Bonchev–Trinajstić information content (AvgIpc) is 2.45. The molecule has 0 aromatic heterocycles. The minimum atomic E-state index is -0.326. The van der Waals surface area contributed by atoms with E-state index in [1.807, 2.05) is 0 Å². The normalized spacial score (nSPS) is 21.5. The summed E-state index contributed by atoms with van der Waals surface area (Å²) < 4.78 is 5.48. The number of nitrogens with zero attached hydrogens (tertiary/aromatic N) is 1. The topological polar surface area (TPSA) is 32.7 Å². The van der Waals surface area contributed by atoms with Gasteiger partial charge in [0, 0.05) is 13.2 Å². The second kappa shape index (κ2) is 8.93. The predicted molar refractivity (Wildman–Crippen MR) is 80.4 cm³/mol. The van der Waals surface area contributed by atoms with Crippen molar-refractivity contribution in [3.63, 3.8) is 0 Å². The maximum atomic E-state index is 9.98. The highest BCUT2D eigenvalue weighted by Gasteiger charge is 2.31. The molecule has 3 heteroatoms. The highest BCUT2D eigenvalue weighted by molar-refractivity contribution is 4.84. The summed E-state index contributed by atoms with van der Waals surface area (Å²) in [6.07, 6.45) is 7.06. The SMILES string of the molecule is CCCCOCC(O)CN1CCC(CC)(CC)CC1. The van der Waals surface area contributed by atoms with Gasteiger partial charge in [-0.15, -0.1) is 0 Å². The molecule has 1 saturated heterocycles. The maximum Gasteiger partial charge on any atom is 0.0900 e. The van der Waals surface area contributed by atoms with Crippen LogP contribution in [0.5, 0.6) is 0 Å². The molecule has 1 aliphatic rings. The van der Waals surface area contributed by atoms with E-state index in [-0.39, 0.29) is 6.10 Å². The van der Waals surface area contributed by atoms with Gasteiger partial charge in [-0.3, -0.25) is 0 Å². The van der Waals surface area contributed by atoms with Crippen LogP contribution in [0.1, 0.15) is 59.3 Å². The third kappa shape index (κ3) is 5.80. The van der Waals surface area contributed by atoms with Gasteiger partial charge in [-0.05, 0) is 37.8 Å². The second-order valence-corrected chi connectivity index (χ2v) is 6.09. The fourth-order valence-electron chi connectivity index (χ4n) is 2.98. The number of β-amino-alcohol motifs (C(OH)–C–C–N with tert-alkyl or cyclic N) is 1. The highest BCUT2D eigenvalue weighted by Crippen LogP contribution is 2.37. The molecule has 1 unspecified atom stereocenters. The third-order valence-electron chi connectivity index (χ3n) is 4.84. The van der Waals surface area contributed by atoms with Gasteiger partial charge in [0.1, 0.15) is 0 Å². The van der Waals surface area contributed by atoms with E-state index in [9.17, 15) is 5.11 Å². The van der Waals surface area contributed by atoms with Crippen LogP contribution < -0.4 is 0 Å². The molecule has 0 bridgehead atoms. The van der Waals surface area contributed by atoms with Gasteiger partial charge < -0.3 is 14.7 Å². The van der Waals surface area contributed by atoms with Crippen molar-refractivity contribution >= 4 is 0 Å². The quantitative estimate of drug-likeness (QED) is 0.654. The van der Waals surface area contributed by atoms with Crippen LogP contribution in [0.3, 0.4) is 0 Å². The molecule has 19 heavy (non-hydrogen) atoms. The van der Waals surface area contributed by atoms with Crippen LogP contribution in [-0.2, 0) is 4.74 Å². The molecule has 1 rings (SSSR count). The van der Waals surface area contributed by atoms with E-state index in [0.29, 0.717) is 12.0 Å². The van der Waals surface area contributed by atoms with Gasteiger partial charge in [-0.1, -0.05) is 40.0 Å². The molecule has 0 saturated carbocycles. The van der Waals surface area contributed by atoms with Gasteiger partial charge in [0.05, 0.1) is 12.7 Å². The second-order valence-electron chi connectivity index (χ2n) is 6.09. The van der Waals surface area contributed by atoms with E-state index in [0.717, 1.165) is 39.1 Å². The molecule has 0 aromatic rings. The van der Waals surface area contributed by atoms with Gasteiger partial charge in [-0.25, -0.2) is 0 Å². The fraction of sp³-hybridized carbons (Fsp3) is 1.00. The van der Waals surface area contributed by atoms with Crippen molar-refractivity contribution in [3.05, 3.63) is 0 Å². The first-order valence-corrected chi connectivity index (χ1v) is 8.14. The Balaban J connectivity index is 2.17. The molecule has 3 nitrogen and oxygen atoms in total. The summed E-state index contributed by atoms with van der Waals surface area (Å²) in [5.74, 6) is 0. The standard InChI is InChI=1S/C16H33NO2/c1-4-7-12-19-14-15(18)13-17-10-8-16(5-2,6-3)9-11-17/h15,18H,4-14H2,1-3H3. The molecular weight excluding hydrogens is 238 g/mol. The van der Waals surface area contributed by atoms with Crippen molar-refractivity contribution in [2.24, 2.45) is 5.41 Å². The smallest absolute Gasteiger partial charge is 0.0900 e. The van der Waals surface area contributed by atoms with Gasteiger partial charge in [0.15, 0.2) is 0 Å². The van der Waals surface area contributed by atoms with E-state index in [2.05, 4.69) is 25.7 Å². The Kier molecular flexibility index (Phi) is 7.96. The number of aliphatic hydroxyl groups excluding tert-OH is 1. The van der Waals surface area contributed by atoms with Gasteiger partial charge in [-0.2, -0.15) is 0 Å². The molecule has 0 aromatic carbocycles. The summed E-state index contributed by atoms with van der Waals surface area (Å²) in [5, 5.41) is 9.98. The van der Waals surface area contributed by atoms with Crippen LogP contribution in [0, 0.1) is 5.41 Å². The number of hydrogen-bond acceptors (Lipinski definition) is 3. The highest BCUT2D eigenvalue weighted by atomic mass is 16.5. The zero-order valence-corrected chi connectivity index (χ0v) is 13.2. The first-order chi connectivity index (χ1) is 9.15. The molecule has 114 valence electrons. The number of unbranched alkanes of at least 4 members (excludes halogenated alkanes) is 1. The molecular formula is C16H33NO2. The summed E-state index contributed by atoms with van der Waals surface area (Å²) in [6.45, 7) is 11.1. The Labute approximate surface area is 119 Å². The van der Waals surface area contributed by atoms with Crippen molar-refractivity contribution in [3.8, 4) is 0 Å². The lowest BCUT2D eigenvalue weighted by Gasteiger charge is -2.41. The average molecular weight is 271 g/mol. The zero-order valence-electron chi connectivity index (χ0n) is 13.2. The summed E-state index contributed by atoms with van der Waals surface area (Å²) in [7, 11) is 0. The Morgan fingerprint density at radius 1 is 1.16 bits per heavy atom. The largest absolute Gasteiger partial charge is 0.389 e. The van der Waals surface area contributed by atoms with Crippen LogP contribution >= 0.6 is 0 Å². The van der Waals surface area contributed by atoms with Crippen LogP contribution in [0.15, 0.2) is 0 Å². The Bertz CT molecular complexity index is 219. The number of aliphatic hydroxyl groups is 1. The minimum Gasteiger partial charge on any atom is -0.389 e. The molecule has 1 N–H and O–H groups in total. The molecule has 1 aliphatic heterocycles. The predicted octanol–water partition coefficient (Wildman–Crippen LogP) is 3.07. The molecule has 0 aliphatic carbocycles. The molecule has 0 amide bonds. The lowest BCUT2D eigenvalue weighted by molar-refractivity contribution is 0.000972. The Morgan fingerprint density at radius 2 is 1.79 bits per heavy atom. The van der Waals surface area contributed by atoms with E-state index in [1.54, 1.807) is 0 Å². The maximum absolute atomic E-state index is 9.98. The van der Waals surface area contributed by atoms with Crippen molar-refractivity contribution in [2.45, 2.75) is 65.4 Å². The lowest BCUT2D eigenvalue weighted by Crippen LogP contribution is -2.43. The summed E-state index contributed by atoms with van der Waals surface area (Å²) in [4.78, 5) is 2.40. The van der Waals surface area contributed by atoms with Crippen molar-refractivity contribution in [1.82, 2.24) is 4.90 Å². The van der Waals surface area contributed by atoms with Crippen molar-refractivity contribution in [2.75, 3.05) is 32.8 Å². The van der Waals surface area contributed by atoms with Crippen LogP contribution in [0.4, 0.5) is 0 Å². The van der Waals surface area contributed by atoms with Gasteiger partial charge in [0.25, 0.3) is 0 Å². The van der Waals surface area contributed by atoms with Crippen LogP contribution in [0.2, 0.25) is 0 Å². The van der Waals surface area contributed by atoms with Crippen LogP contribution in [-0.4, -0.2) is 49.0 Å². The van der Waals surface area contributed by atoms with E-state index < -0.39 is 0 Å². The van der Waals surface area contributed by atoms with Gasteiger partial charge in [0.2, 0.25) is 0 Å². The number of likely N-dealkylation sites (tertiary alicyclic amines) is 1. The Morgan fingerprint density at radius 3 is 2.32 bits per heavy atom. The number of hydrogen-bond donors (Lipinski definition) is 1. The number of ether oxygens (including phenoxy) is 1. The monoisotopic (exact) mass is 271 g/mol. The molecule has 0 radical (unpaired) electrons. The fourth-order valence-corrected chi connectivity index (χ4v) is 2.98. The van der Waals surface area contributed by atoms with Crippen molar-refractivity contribution in [1.29, 1.82) is 0 Å². The summed E-state index contributed by atoms with van der Waals surface area (Å²) >= 11 is 0. The van der Waals surface area contributed by atoms with Crippen LogP contribution in [0.25, 0.3) is 0 Å².